The van der Waals surface area contributed by atoms with Gasteiger partial charge in [0.05, 0.1) is 24.2 Å². The molecule has 0 amide bonds. The highest BCUT2D eigenvalue weighted by Crippen LogP contribution is 1.98. The summed E-state index contributed by atoms with van der Waals surface area (Å²) in [5.41, 5.74) is -1.09. The normalized spacial score (nSPS) is 17.9. The SMILES string of the molecule is CC(C#N)CNCC(C)(O)CO. The molecule has 0 aromatic heterocycles. The van der Waals surface area contributed by atoms with Crippen LogP contribution in [0.3, 0.4) is 0 Å². The van der Waals surface area contributed by atoms with Crippen molar-refractivity contribution >= 4 is 0 Å². The second-order valence-corrected chi connectivity index (χ2v) is 3.32. The Balaban J connectivity index is 3.51. The molecule has 0 spiro atoms. The lowest BCUT2D eigenvalue weighted by molar-refractivity contribution is 0.00262. The van der Waals surface area contributed by atoms with E-state index in [1.807, 2.05) is 0 Å². The number of nitrogens with zero attached hydrogens (tertiary/aromatic N) is 1. The molecule has 3 N–H and O–H groups in total. The second kappa shape index (κ2) is 5.09. The van der Waals surface area contributed by atoms with Crippen molar-refractivity contribution < 1.29 is 10.2 Å². The molecule has 4 nitrogen and oxygen atoms in total. The molecule has 2 atom stereocenters. The molecule has 0 aliphatic rings. The van der Waals surface area contributed by atoms with Crippen molar-refractivity contribution in [1.29, 1.82) is 5.26 Å². The van der Waals surface area contributed by atoms with Crippen LogP contribution < -0.4 is 5.32 Å². The molecule has 0 aromatic carbocycles. The van der Waals surface area contributed by atoms with Gasteiger partial charge in [0.1, 0.15) is 0 Å². The summed E-state index contributed by atoms with van der Waals surface area (Å²) in [6.45, 7) is 3.89. The van der Waals surface area contributed by atoms with E-state index >= 15 is 0 Å². The molecule has 70 valence electrons. The van der Waals surface area contributed by atoms with Crippen LogP contribution in [0.15, 0.2) is 0 Å². The van der Waals surface area contributed by atoms with Crippen LogP contribution >= 0.6 is 0 Å². The largest absolute Gasteiger partial charge is 0.393 e. The highest BCUT2D eigenvalue weighted by atomic mass is 16.3. The molecular weight excluding hydrogens is 156 g/mol. The number of nitriles is 1. The molecule has 0 bridgehead atoms. The average Bonchev–Trinajstić information content (AvgIpc) is 2.04. The summed E-state index contributed by atoms with van der Waals surface area (Å²) in [4.78, 5) is 0. The van der Waals surface area contributed by atoms with E-state index in [9.17, 15) is 5.11 Å². The van der Waals surface area contributed by atoms with Crippen LogP contribution in [0.5, 0.6) is 0 Å². The Morgan fingerprint density at radius 2 is 2.25 bits per heavy atom. The molecule has 0 aromatic rings. The lowest BCUT2D eigenvalue weighted by Gasteiger charge is -2.20. The van der Waals surface area contributed by atoms with Gasteiger partial charge in [-0.1, -0.05) is 0 Å². The van der Waals surface area contributed by atoms with Crippen LogP contribution in [0, 0.1) is 17.2 Å². The Kier molecular flexibility index (Phi) is 4.83. The lowest BCUT2D eigenvalue weighted by atomic mass is 10.1. The Labute approximate surface area is 72.8 Å². The van der Waals surface area contributed by atoms with Crippen molar-refractivity contribution in [2.75, 3.05) is 19.7 Å². The standard InChI is InChI=1S/C8H16N2O2/c1-7(3-9)4-10-5-8(2,12)6-11/h7,10-12H,4-6H2,1-2H3. The Morgan fingerprint density at radius 1 is 1.67 bits per heavy atom. The van der Waals surface area contributed by atoms with E-state index in [2.05, 4.69) is 11.4 Å². The highest BCUT2D eigenvalue weighted by Gasteiger charge is 2.17. The summed E-state index contributed by atoms with van der Waals surface area (Å²) in [7, 11) is 0. The first-order valence-corrected chi connectivity index (χ1v) is 3.95. The molecular formula is C8H16N2O2. The van der Waals surface area contributed by atoms with Gasteiger partial charge >= 0.3 is 0 Å². The number of hydrogen-bond acceptors (Lipinski definition) is 4. The Morgan fingerprint density at radius 3 is 2.67 bits per heavy atom. The number of aliphatic hydroxyl groups excluding tert-OH is 1. The predicted octanol–water partition coefficient (Wildman–Crippen LogP) is -0.521. The zero-order valence-corrected chi connectivity index (χ0v) is 7.54. The van der Waals surface area contributed by atoms with Crippen molar-refractivity contribution in [3.05, 3.63) is 0 Å². The van der Waals surface area contributed by atoms with E-state index in [1.54, 1.807) is 6.92 Å². The van der Waals surface area contributed by atoms with Crippen LogP contribution in [0.2, 0.25) is 0 Å². The fourth-order valence-corrected chi connectivity index (χ4v) is 0.660. The molecule has 0 saturated carbocycles. The molecule has 2 unspecified atom stereocenters. The first kappa shape index (κ1) is 11.4. The summed E-state index contributed by atoms with van der Waals surface area (Å²) in [6, 6.07) is 2.06. The quantitative estimate of drug-likeness (QED) is 0.521. The Hall–Kier alpha value is -0.630. The maximum atomic E-state index is 9.31. The fraction of sp³-hybridized carbons (Fsp3) is 0.875. The van der Waals surface area contributed by atoms with E-state index in [-0.39, 0.29) is 12.5 Å². The van der Waals surface area contributed by atoms with Crippen molar-refractivity contribution in [2.45, 2.75) is 19.4 Å². The van der Waals surface area contributed by atoms with Gasteiger partial charge < -0.3 is 15.5 Å². The number of hydrogen-bond donors (Lipinski definition) is 3. The van der Waals surface area contributed by atoms with Gasteiger partial charge in [0.25, 0.3) is 0 Å². The fourth-order valence-electron chi connectivity index (χ4n) is 0.660. The maximum Gasteiger partial charge on any atom is 0.0972 e. The molecule has 0 aliphatic carbocycles. The molecule has 4 heteroatoms. The minimum Gasteiger partial charge on any atom is -0.393 e. The predicted molar refractivity (Wildman–Crippen MR) is 45.4 cm³/mol. The highest BCUT2D eigenvalue weighted by molar-refractivity contribution is 4.82. The third-order valence-corrected chi connectivity index (χ3v) is 1.52. The summed E-state index contributed by atoms with van der Waals surface area (Å²) < 4.78 is 0. The molecule has 12 heavy (non-hydrogen) atoms. The smallest absolute Gasteiger partial charge is 0.0972 e. The molecule has 0 aliphatic heterocycles. The van der Waals surface area contributed by atoms with E-state index in [0.717, 1.165) is 0 Å². The van der Waals surface area contributed by atoms with Crippen LogP contribution in [-0.4, -0.2) is 35.5 Å². The minimum absolute atomic E-state index is 0.0699. The maximum absolute atomic E-state index is 9.31. The van der Waals surface area contributed by atoms with Gasteiger partial charge in [-0.2, -0.15) is 5.26 Å². The monoisotopic (exact) mass is 172 g/mol. The topological polar surface area (TPSA) is 76.3 Å². The van der Waals surface area contributed by atoms with E-state index < -0.39 is 5.60 Å². The van der Waals surface area contributed by atoms with Crippen molar-refractivity contribution in [1.82, 2.24) is 5.32 Å². The van der Waals surface area contributed by atoms with Gasteiger partial charge in [0.2, 0.25) is 0 Å². The van der Waals surface area contributed by atoms with E-state index in [1.165, 1.54) is 6.92 Å². The third-order valence-electron chi connectivity index (χ3n) is 1.52. The summed E-state index contributed by atoms with van der Waals surface area (Å²) >= 11 is 0. The lowest BCUT2D eigenvalue weighted by Crippen LogP contribution is -2.42. The first-order valence-electron chi connectivity index (χ1n) is 3.95. The average molecular weight is 172 g/mol. The zero-order chi connectivity index (χ0) is 9.61. The summed E-state index contributed by atoms with van der Waals surface area (Å²) in [5.74, 6) is -0.0699. The van der Waals surface area contributed by atoms with Gasteiger partial charge in [-0.25, -0.2) is 0 Å². The first-order chi connectivity index (χ1) is 5.52. The van der Waals surface area contributed by atoms with Crippen molar-refractivity contribution in [3.63, 3.8) is 0 Å². The number of rotatable bonds is 5. The molecule has 0 radical (unpaired) electrons. The summed E-state index contributed by atoms with van der Waals surface area (Å²) in [5, 5.41) is 29.3. The summed E-state index contributed by atoms with van der Waals surface area (Å²) in [6.07, 6.45) is 0. The third kappa shape index (κ3) is 5.08. The van der Waals surface area contributed by atoms with Gasteiger partial charge in [-0.05, 0) is 13.8 Å². The minimum atomic E-state index is -1.09. The number of aliphatic hydroxyl groups is 2. The van der Waals surface area contributed by atoms with Gasteiger partial charge in [0.15, 0.2) is 0 Å². The zero-order valence-electron chi connectivity index (χ0n) is 7.54. The van der Waals surface area contributed by atoms with Gasteiger partial charge in [-0.3, -0.25) is 0 Å². The van der Waals surface area contributed by atoms with Crippen LogP contribution in [0.1, 0.15) is 13.8 Å². The van der Waals surface area contributed by atoms with E-state index in [4.69, 9.17) is 10.4 Å². The van der Waals surface area contributed by atoms with Crippen molar-refractivity contribution in [3.8, 4) is 6.07 Å². The van der Waals surface area contributed by atoms with Crippen molar-refractivity contribution in [2.24, 2.45) is 5.92 Å². The van der Waals surface area contributed by atoms with Crippen LogP contribution in [0.25, 0.3) is 0 Å². The molecule has 0 rings (SSSR count). The number of nitrogens with one attached hydrogen (secondary N) is 1. The molecule has 0 fully saturated rings. The molecule has 0 saturated heterocycles. The van der Waals surface area contributed by atoms with Gasteiger partial charge in [-0.15, -0.1) is 0 Å². The van der Waals surface area contributed by atoms with E-state index in [0.29, 0.717) is 13.1 Å². The van der Waals surface area contributed by atoms with Crippen LogP contribution in [0.4, 0.5) is 0 Å². The molecule has 0 heterocycles. The van der Waals surface area contributed by atoms with Crippen LogP contribution in [-0.2, 0) is 0 Å². The Bertz CT molecular complexity index is 163. The van der Waals surface area contributed by atoms with Gasteiger partial charge in [0, 0.05) is 13.1 Å². The second-order valence-electron chi connectivity index (χ2n) is 3.32.